The van der Waals surface area contributed by atoms with Crippen molar-refractivity contribution in [2.24, 2.45) is 0 Å². The van der Waals surface area contributed by atoms with Crippen molar-refractivity contribution in [3.63, 3.8) is 0 Å². The van der Waals surface area contributed by atoms with E-state index in [1.165, 1.54) is 12.8 Å². The number of nitrogens with zero attached hydrogens (tertiary/aromatic N) is 1. The van der Waals surface area contributed by atoms with Gasteiger partial charge in [0, 0.05) is 13.1 Å². The van der Waals surface area contributed by atoms with Gasteiger partial charge in [-0.15, -0.1) is 0 Å². The summed E-state index contributed by atoms with van der Waals surface area (Å²) in [6, 6.07) is 9.63. The van der Waals surface area contributed by atoms with Crippen LogP contribution in [0.1, 0.15) is 49.7 Å². The van der Waals surface area contributed by atoms with Crippen LogP contribution in [0.2, 0.25) is 0 Å². The summed E-state index contributed by atoms with van der Waals surface area (Å²) >= 11 is 0. The zero-order chi connectivity index (χ0) is 15.0. The number of nitriles is 1. The van der Waals surface area contributed by atoms with Gasteiger partial charge in [-0.05, 0) is 30.5 Å². The third-order valence-electron chi connectivity index (χ3n) is 4.10. The van der Waals surface area contributed by atoms with Gasteiger partial charge in [-0.1, -0.05) is 50.0 Å². The molecule has 0 aromatic heterocycles. The van der Waals surface area contributed by atoms with Gasteiger partial charge in [0.05, 0.1) is 17.2 Å². The molecule has 1 fully saturated rings. The molecule has 1 aromatic carbocycles. The molecule has 21 heavy (non-hydrogen) atoms. The Morgan fingerprint density at radius 2 is 1.81 bits per heavy atom. The van der Waals surface area contributed by atoms with E-state index in [0.29, 0.717) is 12.1 Å². The molecule has 0 saturated heterocycles. The second kappa shape index (κ2) is 7.97. The lowest BCUT2D eigenvalue weighted by Crippen LogP contribution is -2.40. The number of benzene rings is 1. The molecule has 1 aliphatic carbocycles. The summed E-state index contributed by atoms with van der Waals surface area (Å²) in [5.74, 6) is 0. The Hall–Kier alpha value is -1.63. The quantitative estimate of drug-likeness (QED) is 0.644. The molecule has 0 bridgehead atoms. The Bertz CT molecular complexity index is 491. The van der Waals surface area contributed by atoms with Gasteiger partial charge in [-0.3, -0.25) is 0 Å². The standard InChI is InChI=1S/C18H24N2O/c19-14-17-9-7-16(8-10-17)6-5-13-20-15-18(21)11-3-1-2-4-12-18/h5-10,20-21H,1-4,11-13,15H2/b6-5+. The maximum atomic E-state index is 10.5. The first-order chi connectivity index (χ1) is 10.2. The molecule has 0 radical (unpaired) electrons. The van der Waals surface area contributed by atoms with E-state index in [0.717, 1.165) is 37.8 Å². The van der Waals surface area contributed by atoms with E-state index in [1.54, 1.807) is 0 Å². The molecule has 2 N–H and O–H groups in total. The minimum Gasteiger partial charge on any atom is -0.389 e. The first-order valence-corrected chi connectivity index (χ1v) is 7.82. The molecular formula is C18H24N2O. The summed E-state index contributed by atoms with van der Waals surface area (Å²) in [6.45, 7) is 1.42. The minimum absolute atomic E-state index is 0.515. The van der Waals surface area contributed by atoms with Gasteiger partial charge in [-0.2, -0.15) is 5.26 Å². The first-order valence-electron chi connectivity index (χ1n) is 7.82. The molecule has 3 heteroatoms. The summed E-state index contributed by atoms with van der Waals surface area (Å²) in [5, 5.41) is 22.6. The summed E-state index contributed by atoms with van der Waals surface area (Å²) in [6.07, 6.45) is 10.7. The molecule has 1 saturated carbocycles. The lowest BCUT2D eigenvalue weighted by Gasteiger charge is -2.26. The van der Waals surface area contributed by atoms with Crippen molar-refractivity contribution < 1.29 is 5.11 Å². The fourth-order valence-electron chi connectivity index (χ4n) is 2.82. The number of rotatable bonds is 5. The van der Waals surface area contributed by atoms with E-state index >= 15 is 0 Å². The molecule has 0 spiro atoms. The average Bonchev–Trinajstić information content (AvgIpc) is 2.73. The number of hydrogen-bond acceptors (Lipinski definition) is 3. The Balaban J connectivity index is 1.73. The predicted molar refractivity (Wildman–Crippen MR) is 85.7 cm³/mol. The summed E-state index contributed by atoms with van der Waals surface area (Å²) in [5.41, 5.74) is 1.25. The van der Waals surface area contributed by atoms with Gasteiger partial charge < -0.3 is 10.4 Å². The normalized spacial score (nSPS) is 18.3. The third kappa shape index (κ3) is 5.34. The molecule has 3 nitrogen and oxygen atoms in total. The molecule has 0 heterocycles. The Morgan fingerprint density at radius 3 is 2.43 bits per heavy atom. The molecule has 0 amide bonds. The monoisotopic (exact) mass is 284 g/mol. The van der Waals surface area contributed by atoms with Gasteiger partial charge in [0.2, 0.25) is 0 Å². The van der Waals surface area contributed by atoms with Gasteiger partial charge in [0.1, 0.15) is 0 Å². The van der Waals surface area contributed by atoms with Gasteiger partial charge in [0.15, 0.2) is 0 Å². The highest BCUT2D eigenvalue weighted by Gasteiger charge is 2.26. The summed E-state index contributed by atoms with van der Waals surface area (Å²) in [4.78, 5) is 0. The van der Waals surface area contributed by atoms with Crippen molar-refractivity contribution in [1.29, 1.82) is 5.26 Å². The minimum atomic E-state index is -0.515. The van der Waals surface area contributed by atoms with Crippen LogP contribution in [0.3, 0.4) is 0 Å². The Kier molecular flexibility index (Phi) is 5.98. The van der Waals surface area contributed by atoms with E-state index in [1.807, 2.05) is 30.3 Å². The van der Waals surface area contributed by atoms with Crippen molar-refractivity contribution in [2.45, 2.75) is 44.1 Å². The lowest BCUT2D eigenvalue weighted by atomic mass is 9.94. The van der Waals surface area contributed by atoms with Crippen LogP contribution in [0.15, 0.2) is 30.3 Å². The Morgan fingerprint density at radius 1 is 1.14 bits per heavy atom. The van der Waals surface area contributed by atoms with Gasteiger partial charge in [-0.25, -0.2) is 0 Å². The van der Waals surface area contributed by atoms with Crippen molar-refractivity contribution in [2.75, 3.05) is 13.1 Å². The highest BCUT2D eigenvalue weighted by atomic mass is 16.3. The fraction of sp³-hybridized carbons (Fsp3) is 0.500. The zero-order valence-electron chi connectivity index (χ0n) is 12.5. The molecule has 1 aromatic rings. The van der Waals surface area contributed by atoms with E-state index in [-0.39, 0.29) is 0 Å². The van der Waals surface area contributed by atoms with Crippen LogP contribution >= 0.6 is 0 Å². The number of nitrogens with one attached hydrogen (secondary N) is 1. The fourth-order valence-corrected chi connectivity index (χ4v) is 2.82. The van der Waals surface area contributed by atoms with Gasteiger partial charge >= 0.3 is 0 Å². The van der Waals surface area contributed by atoms with Crippen LogP contribution < -0.4 is 5.32 Å². The molecule has 0 aliphatic heterocycles. The molecule has 0 atom stereocenters. The van der Waals surface area contributed by atoms with Crippen molar-refractivity contribution in [3.8, 4) is 6.07 Å². The second-order valence-electron chi connectivity index (χ2n) is 5.91. The van der Waals surface area contributed by atoms with Crippen molar-refractivity contribution in [1.82, 2.24) is 5.32 Å². The van der Waals surface area contributed by atoms with E-state index in [2.05, 4.69) is 17.5 Å². The second-order valence-corrected chi connectivity index (χ2v) is 5.91. The largest absolute Gasteiger partial charge is 0.389 e. The van der Waals surface area contributed by atoms with Crippen LogP contribution in [0, 0.1) is 11.3 Å². The zero-order valence-corrected chi connectivity index (χ0v) is 12.5. The predicted octanol–water partition coefficient (Wildman–Crippen LogP) is 3.25. The highest BCUT2D eigenvalue weighted by molar-refractivity contribution is 5.51. The first kappa shape index (κ1) is 15.8. The highest BCUT2D eigenvalue weighted by Crippen LogP contribution is 2.26. The van der Waals surface area contributed by atoms with Crippen LogP contribution in [0.25, 0.3) is 6.08 Å². The van der Waals surface area contributed by atoms with Crippen LogP contribution in [0.5, 0.6) is 0 Å². The smallest absolute Gasteiger partial charge is 0.0991 e. The van der Waals surface area contributed by atoms with Crippen molar-refractivity contribution in [3.05, 3.63) is 41.5 Å². The van der Waals surface area contributed by atoms with Crippen molar-refractivity contribution >= 4 is 6.08 Å². The molecule has 1 aliphatic rings. The van der Waals surface area contributed by atoms with Crippen LogP contribution in [-0.2, 0) is 0 Å². The topological polar surface area (TPSA) is 56.0 Å². The average molecular weight is 284 g/mol. The van der Waals surface area contributed by atoms with E-state index in [9.17, 15) is 5.11 Å². The van der Waals surface area contributed by atoms with Crippen LogP contribution in [0.4, 0.5) is 0 Å². The molecule has 112 valence electrons. The van der Waals surface area contributed by atoms with Gasteiger partial charge in [0.25, 0.3) is 0 Å². The van der Waals surface area contributed by atoms with E-state index < -0.39 is 5.60 Å². The molecular weight excluding hydrogens is 260 g/mol. The summed E-state index contributed by atoms with van der Waals surface area (Å²) in [7, 11) is 0. The lowest BCUT2D eigenvalue weighted by molar-refractivity contribution is 0.0262. The van der Waals surface area contributed by atoms with Crippen LogP contribution in [-0.4, -0.2) is 23.8 Å². The molecule has 2 rings (SSSR count). The number of hydrogen-bond donors (Lipinski definition) is 2. The number of aliphatic hydroxyl groups is 1. The molecule has 0 unspecified atom stereocenters. The SMILES string of the molecule is N#Cc1ccc(/C=C/CNCC2(O)CCCCCC2)cc1. The maximum Gasteiger partial charge on any atom is 0.0991 e. The van der Waals surface area contributed by atoms with E-state index in [4.69, 9.17) is 5.26 Å². The maximum absolute atomic E-state index is 10.5. The Labute approximate surface area is 127 Å². The summed E-state index contributed by atoms with van der Waals surface area (Å²) < 4.78 is 0. The third-order valence-corrected chi connectivity index (χ3v) is 4.10.